The van der Waals surface area contributed by atoms with Crippen LogP contribution < -0.4 is 0 Å². The lowest BCUT2D eigenvalue weighted by Crippen LogP contribution is -1.59. The Bertz CT molecular complexity index is 75.9. The van der Waals surface area contributed by atoms with Gasteiger partial charge < -0.3 is 0 Å². The quantitative estimate of drug-likeness (QED) is 0.460. The lowest BCUT2D eigenvalue weighted by molar-refractivity contribution is 0.983. The molecular weight excluding hydrogens is 108 g/mol. The Morgan fingerprint density at radius 3 is 2.86 bits per heavy atom. The van der Waals surface area contributed by atoms with E-state index in [0.717, 1.165) is 12.8 Å². The Morgan fingerprint density at radius 1 is 1.71 bits per heavy atom. The second-order valence-electron chi connectivity index (χ2n) is 1.18. The van der Waals surface area contributed by atoms with Crippen LogP contribution in [0.4, 0.5) is 0 Å². The Hall–Kier alpha value is -0.150. The third kappa shape index (κ3) is 5.85. The Balaban J connectivity index is 2.91. The zero-order chi connectivity index (χ0) is 5.54. The van der Waals surface area contributed by atoms with Crippen molar-refractivity contribution in [2.45, 2.75) is 19.8 Å². The minimum atomic E-state index is 0.948. The van der Waals surface area contributed by atoms with Gasteiger partial charge in [-0.15, -0.1) is 17.5 Å². The summed E-state index contributed by atoms with van der Waals surface area (Å²) in [5.74, 6) is 6.83. The molecule has 0 aromatic carbocycles. The Labute approximate surface area is 49.9 Å². The number of hydrogen-bond acceptors (Lipinski definition) is 0. The van der Waals surface area contributed by atoms with Gasteiger partial charge in [-0.05, 0) is 6.42 Å². The van der Waals surface area contributed by atoms with Gasteiger partial charge in [0.25, 0.3) is 0 Å². The molecule has 0 heterocycles. The second kappa shape index (κ2) is 5.85. The van der Waals surface area contributed by atoms with Crippen molar-refractivity contribution in [2.75, 3.05) is 0 Å². The number of hydrogen-bond donors (Lipinski definition) is 0. The predicted molar refractivity (Wildman–Crippen MR) is 32.8 cm³/mol. The molecule has 0 aliphatic carbocycles. The molecule has 7 heavy (non-hydrogen) atoms. The van der Waals surface area contributed by atoms with E-state index in [-0.39, 0.29) is 0 Å². The molecule has 0 fully saturated rings. The first kappa shape index (κ1) is 6.85. The van der Waals surface area contributed by atoms with Gasteiger partial charge in [-0.3, -0.25) is 0 Å². The fourth-order valence-electron chi connectivity index (χ4n) is 0.236. The van der Waals surface area contributed by atoms with E-state index in [9.17, 15) is 0 Å². The van der Waals surface area contributed by atoms with Crippen LogP contribution in [-0.4, -0.2) is 0 Å². The van der Waals surface area contributed by atoms with Crippen molar-refractivity contribution in [3.8, 4) is 11.8 Å². The molecule has 0 atom stereocenters. The fourth-order valence-corrected chi connectivity index (χ4v) is 0.313. The minimum absolute atomic E-state index is 0.948. The largest absolute Gasteiger partial charge is 0.122 e. The monoisotopic (exact) mass is 115 g/mol. The molecule has 0 aromatic rings. The molecule has 0 aromatic heterocycles. The molecule has 0 amide bonds. The van der Waals surface area contributed by atoms with E-state index >= 15 is 0 Å². The zero-order valence-corrected chi connectivity index (χ0v) is 5.13. The molecule has 0 saturated carbocycles. The van der Waals surface area contributed by atoms with Gasteiger partial charge >= 0.3 is 0 Å². The van der Waals surface area contributed by atoms with Crippen molar-refractivity contribution < 1.29 is 0 Å². The fraction of sp³-hybridized carbons (Fsp3) is 0.500. The summed E-state index contributed by atoms with van der Waals surface area (Å²) in [5, 5.41) is 0. The van der Waals surface area contributed by atoms with Crippen LogP contribution in [0.15, 0.2) is 0 Å². The van der Waals surface area contributed by atoms with E-state index < -0.39 is 0 Å². The summed E-state index contributed by atoms with van der Waals surface area (Å²) >= 11 is 5.14. The van der Waals surface area contributed by atoms with E-state index in [1.807, 2.05) is 0 Å². The molecule has 0 saturated heterocycles. The zero-order valence-electron chi connectivity index (χ0n) is 4.37. The van der Waals surface area contributed by atoms with E-state index in [2.05, 4.69) is 18.8 Å². The van der Waals surface area contributed by atoms with Gasteiger partial charge in [0.1, 0.15) is 5.88 Å². The maximum atomic E-state index is 5.14. The van der Waals surface area contributed by atoms with Gasteiger partial charge in [-0.25, -0.2) is 0 Å². The highest BCUT2D eigenvalue weighted by Gasteiger charge is 1.67. The molecule has 1 heteroatoms. The van der Waals surface area contributed by atoms with Gasteiger partial charge in [0.2, 0.25) is 0 Å². The van der Waals surface area contributed by atoms with Crippen molar-refractivity contribution >= 4 is 11.6 Å². The minimum Gasteiger partial charge on any atom is -0.106 e. The molecule has 0 nitrogen and oxygen atoms in total. The molecule has 0 unspecified atom stereocenters. The first-order valence-corrected chi connectivity index (χ1v) is 2.75. The van der Waals surface area contributed by atoms with E-state index in [4.69, 9.17) is 11.6 Å². The van der Waals surface area contributed by atoms with Crippen LogP contribution in [0.1, 0.15) is 19.8 Å². The van der Waals surface area contributed by atoms with Gasteiger partial charge in [-0.2, -0.15) is 0 Å². The highest BCUT2D eigenvalue weighted by Crippen LogP contribution is 1.83. The summed E-state index contributed by atoms with van der Waals surface area (Å²) in [5.41, 5.74) is 0. The maximum absolute atomic E-state index is 5.14. The molecule has 0 bridgehead atoms. The van der Waals surface area contributed by atoms with Crippen molar-refractivity contribution in [3.05, 3.63) is 5.88 Å². The number of unbranched alkanes of at least 4 members (excludes halogenated alkanes) is 1. The van der Waals surface area contributed by atoms with Crippen LogP contribution >= 0.6 is 11.6 Å². The maximum Gasteiger partial charge on any atom is 0.122 e. The van der Waals surface area contributed by atoms with E-state index in [1.54, 1.807) is 0 Å². The van der Waals surface area contributed by atoms with E-state index in [0.29, 0.717) is 0 Å². The standard InChI is InChI=1S/C6H8Cl/c1-2-3-4-5-6-7/h6H,2-3H2,1H3. The average molecular weight is 116 g/mol. The third-order valence-electron chi connectivity index (χ3n) is 0.532. The summed E-state index contributed by atoms with van der Waals surface area (Å²) in [6.07, 6.45) is 2.06. The topological polar surface area (TPSA) is 0 Å². The first-order chi connectivity index (χ1) is 3.41. The van der Waals surface area contributed by atoms with Gasteiger partial charge in [-0.1, -0.05) is 12.8 Å². The van der Waals surface area contributed by atoms with Crippen LogP contribution in [0, 0.1) is 17.7 Å². The van der Waals surface area contributed by atoms with E-state index in [1.165, 1.54) is 5.88 Å². The average Bonchev–Trinajstić information content (AvgIpc) is 1.69. The van der Waals surface area contributed by atoms with Gasteiger partial charge in [0.05, 0.1) is 0 Å². The Kier molecular flexibility index (Phi) is 5.72. The van der Waals surface area contributed by atoms with Gasteiger partial charge in [0, 0.05) is 6.42 Å². The molecule has 39 valence electrons. The summed E-state index contributed by atoms with van der Waals surface area (Å²) in [7, 11) is 0. The third-order valence-corrected chi connectivity index (χ3v) is 0.641. The highest BCUT2D eigenvalue weighted by atomic mass is 35.5. The van der Waals surface area contributed by atoms with Gasteiger partial charge in [0.15, 0.2) is 0 Å². The summed E-state index contributed by atoms with van der Waals surface area (Å²) in [6, 6.07) is 0. The molecule has 0 N–H and O–H groups in total. The molecule has 1 radical (unpaired) electrons. The number of halogens is 1. The molecule has 0 rings (SSSR count). The summed E-state index contributed by atoms with van der Waals surface area (Å²) in [6.45, 7) is 2.09. The number of rotatable bonds is 1. The van der Waals surface area contributed by atoms with Crippen molar-refractivity contribution in [1.29, 1.82) is 0 Å². The van der Waals surface area contributed by atoms with Crippen LogP contribution in [0.5, 0.6) is 0 Å². The van der Waals surface area contributed by atoms with Crippen LogP contribution in [0.2, 0.25) is 0 Å². The van der Waals surface area contributed by atoms with Crippen LogP contribution in [0.25, 0.3) is 0 Å². The smallest absolute Gasteiger partial charge is 0.106 e. The molecular formula is C6H8Cl. The lowest BCUT2D eigenvalue weighted by Gasteiger charge is -1.73. The summed E-state index contributed by atoms with van der Waals surface area (Å²) < 4.78 is 0. The molecule has 0 aliphatic heterocycles. The second-order valence-corrected chi connectivity index (χ2v) is 1.40. The van der Waals surface area contributed by atoms with Crippen LogP contribution in [0.3, 0.4) is 0 Å². The SMILES string of the molecule is CCCC#C[CH]Cl. The molecule has 0 spiro atoms. The Morgan fingerprint density at radius 2 is 2.43 bits per heavy atom. The highest BCUT2D eigenvalue weighted by molar-refractivity contribution is 6.25. The summed E-state index contributed by atoms with van der Waals surface area (Å²) in [4.78, 5) is 0. The lowest BCUT2D eigenvalue weighted by atomic mass is 10.3. The van der Waals surface area contributed by atoms with Crippen molar-refractivity contribution in [2.24, 2.45) is 0 Å². The van der Waals surface area contributed by atoms with Crippen molar-refractivity contribution in [1.82, 2.24) is 0 Å². The van der Waals surface area contributed by atoms with Crippen LogP contribution in [-0.2, 0) is 0 Å². The normalized spacial score (nSPS) is 7.14. The molecule has 0 aliphatic rings. The first-order valence-electron chi connectivity index (χ1n) is 2.32. The van der Waals surface area contributed by atoms with Crippen molar-refractivity contribution in [3.63, 3.8) is 0 Å². The predicted octanol–water partition coefficient (Wildman–Crippen LogP) is 2.19.